The van der Waals surface area contributed by atoms with Crippen molar-refractivity contribution in [2.45, 2.75) is 0 Å². The SMILES string of the molecule is O=C(COc1ccc(F)cc1)Nc1cn[nH]c1. The third-order valence-corrected chi connectivity index (χ3v) is 1.97. The molecule has 2 N–H and O–H groups in total. The van der Waals surface area contributed by atoms with Crippen LogP contribution in [-0.2, 0) is 4.79 Å². The van der Waals surface area contributed by atoms with Crippen molar-refractivity contribution < 1.29 is 13.9 Å². The predicted molar refractivity (Wildman–Crippen MR) is 59.1 cm³/mol. The van der Waals surface area contributed by atoms with Gasteiger partial charge in [-0.3, -0.25) is 9.89 Å². The number of aromatic amines is 1. The van der Waals surface area contributed by atoms with Gasteiger partial charge in [-0.1, -0.05) is 0 Å². The zero-order valence-electron chi connectivity index (χ0n) is 8.81. The molecule has 1 amide bonds. The molecule has 0 saturated heterocycles. The number of benzene rings is 1. The molecular weight excluding hydrogens is 225 g/mol. The molecule has 0 saturated carbocycles. The van der Waals surface area contributed by atoms with Crippen LogP contribution < -0.4 is 10.1 Å². The van der Waals surface area contributed by atoms with Crippen LogP contribution in [0.4, 0.5) is 10.1 Å². The quantitative estimate of drug-likeness (QED) is 0.845. The third kappa shape index (κ3) is 3.30. The van der Waals surface area contributed by atoms with Crippen molar-refractivity contribution in [3.05, 3.63) is 42.5 Å². The summed E-state index contributed by atoms with van der Waals surface area (Å²) in [6.07, 6.45) is 3.03. The molecule has 0 aliphatic rings. The Morgan fingerprint density at radius 1 is 1.41 bits per heavy atom. The van der Waals surface area contributed by atoms with Crippen LogP contribution in [0.25, 0.3) is 0 Å². The van der Waals surface area contributed by atoms with Crippen molar-refractivity contribution in [2.75, 3.05) is 11.9 Å². The normalized spacial score (nSPS) is 9.94. The Morgan fingerprint density at radius 3 is 2.82 bits per heavy atom. The molecule has 2 rings (SSSR count). The van der Waals surface area contributed by atoms with Crippen molar-refractivity contribution in [1.29, 1.82) is 0 Å². The number of hydrogen-bond acceptors (Lipinski definition) is 3. The summed E-state index contributed by atoms with van der Waals surface area (Å²) in [5, 5.41) is 8.82. The molecule has 2 aromatic rings. The van der Waals surface area contributed by atoms with Gasteiger partial charge in [-0.2, -0.15) is 5.10 Å². The summed E-state index contributed by atoms with van der Waals surface area (Å²) in [5.41, 5.74) is 0.567. The summed E-state index contributed by atoms with van der Waals surface area (Å²) in [7, 11) is 0. The van der Waals surface area contributed by atoms with Gasteiger partial charge in [0.2, 0.25) is 0 Å². The van der Waals surface area contributed by atoms with E-state index in [1.165, 1.54) is 30.5 Å². The topological polar surface area (TPSA) is 67.0 Å². The lowest BCUT2D eigenvalue weighted by Crippen LogP contribution is -2.19. The lowest BCUT2D eigenvalue weighted by atomic mass is 10.3. The minimum atomic E-state index is -0.347. The number of rotatable bonds is 4. The van der Waals surface area contributed by atoms with E-state index < -0.39 is 0 Å². The second-order valence-corrected chi connectivity index (χ2v) is 3.28. The zero-order valence-corrected chi connectivity index (χ0v) is 8.81. The van der Waals surface area contributed by atoms with Gasteiger partial charge < -0.3 is 10.1 Å². The monoisotopic (exact) mass is 235 g/mol. The largest absolute Gasteiger partial charge is 0.484 e. The Morgan fingerprint density at radius 2 is 2.18 bits per heavy atom. The standard InChI is InChI=1S/C11H10FN3O2/c12-8-1-3-10(4-2-8)17-7-11(16)15-9-5-13-14-6-9/h1-6H,7H2,(H,13,14)(H,15,16). The molecule has 0 fully saturated rings. The molecule has 17 heavy (non-hydrogen) atoms. The number of amides is 1. The van der Waals surface area contributed by atoms with Gasteiger partial charge in [0.1, 0.15) is 11.6 Å². The minimum Gasteiger partial charge on any atom is -0.484 e. The fourth-order valence-corrected chi connectivity index (χ4v) is 1.20. The number of carbonyl (C=O) groups excluding carboxylic acids is 1. The summed E-state index contributed by atoms with van der Waals surface area (Å²) in [6.45, 7) is -0.142. The van der Waals surface area contributed by atoms with Gasteiger partial charge in [-0.25, -0.2) is 4.39 Å². The Labute approximate surface area is 96.6 Å². The molecule has 0 unspecified atom stereocenters. The van der Waals surface area contributed by atoms with E-state index >= 15 is 0 Å². The maximum atomic E-state index is 12.6. The van der Waals surface area contributed by atoms with E-state index in [9.17, 15) is 9.18 Å². The number of nitrogens with zero attached hydrogens (tertiary/aromatic N) is 1. The number of H-pyrrole nitrogens is 1. The molecule has 0 spiro atoms. The van der Waals surface area contributed by atoms with E-state index in [1.54, 1.807) is 6.20 Å². The van der Waals surface area contributed by atoms with Crippen LogP contribution in [0, 0.1) is 5.82 Å². The molecule has 1 aromatic carbocycles. The summed E-state index contributed by atoms with van der Waals surface area (Å²) in [4.78, 5) is 11.4. The fraction of sp³-hybridized carbons (Fsp3) is 0.0909. The van der Waals surface area contributed by atoms with Gasteiger partial charge in [0, 0.05) is 6.20 Å². The molecule has 5 nitrogen and oxygen atoms in total. The fourth-order valence-electron chi connectivity index (χ4n) is 1.20. The van der Waals surface area contributed by atoms with Gasteiger partial charge >= 0.3 is 0 Å². The van der Waals surface area contributed by atoms with E-state index in [1.807, 2.05) is 0 Å². The summed E-state index contributed by atoms with van der Waals surface area (Å²) >= 11 is 0. The predicted octanol–water partition coefficient (Wildman–Crippen LogP) is 1.57. The Balaban J connectivity index is 1.82. The van der Waals surface area contributed by atoms with Gasteiger partial charge in [0.05, 0.1) is 11.9 Å². The molecule has 0 atom stereocenters. The van der Waals surface area contributed by atoms with E-state index in [2.05, 4.69) is 15.5 Å². The van der Waals surface area contributed by atoms with E-state index in [0.717, 1.165) is 0 Å². The second-order valence-electron chi connectivity index (χ2n) is 3.28. The van der Waals surface area contributed by atoms with Gasteiger partial charge in [0.25, 0.3) is 5.91 Å². The van der Waals surface area contributed by atoms with Gasteiger partial charge in [-0.05, 0) is 24.3 Å². The van der Waals surface area contributed by atoms with Crippen molar-refractivity contribution in [3.63, 3.8) is 0 Å². The van der Waals surface area contributed by atoms with Crippen LogP contribution >= 0.6 is 0 Å². The number of ether oxygens (including phenoxy) is 1. The summed E-state index contributed by atoms with van der Waals surface area (Å²) in [6, 6.07) is 5.45. The van der Waals surface area contributed by atoms with Crippen LogP contribution in [0.2, 0.25) is 0 Å². The average molecular weight is 235 g/mol. The number of carbonyl (C=O) groups is 1. The first-order chi connectivity index (χ1) is 8.24. The first kappa shape index (κ1) is 11.1. The molecule has 6 heteroatoms. The molecule has 1 heterocycles. The van der Waals surface area contributed by atoms with Crippen molar-refractivity contribution in [2.24, 2.45) is 0 Å². The first-order valence-corrected chi connectivity index (χ1v) is 4.91. The lowest BCUT2D eigenvalue weighted by molar-refractivity contribution is -0.118. The van der Waals surface area contributed by atoms with Crippen LogP contribution in [0.15, 0.2) is 36.7 Å². The Kier molecular flexibility index (Phi) is 3.34. The number of anilines is 1. The van der Waals surface area contributed by atoms with Crippen molar-refractivity contribution in [3.8, 4) is 5.75 Å². The number of hydrogen-bond donors (Lipinski definition) is 2. The Bertz CT molecular complexity index is 482. The number of halogens is 1. The van der Waals surface area contributed by atoms with Crippen LogP contribution in [0.5, 0.6) is 5.75 Å². The van der Waals surface area contributed by atoms with E-state index in [-0.39, 0.29) is 18.3 Å². The van der Waals surface area contributed by atoms with Gasteiger partial charge in [-0.15, -0.1) is 0 Å². The highest BCUT2D eigenvalue weighted by Gasteiger charge is 2.04. The molecule has 88 valence electrons. The third-order valence-electron chi connectivity index (χ3n) is 1.97. The highest BCUT2D eigenvalue weighted by molar-refractivity contribution is 5.91. The molecule has 0 radical (unpaired) electrons. The van der Waals surface area contributed by atoms with Gasteiger partial charge in [0.15, 0.2) is 6.61 Å². The summed E-state index contributed by atoms with van der Waals surface area (Å²) in [5.74, 6) is -0.218. The van der Waals surface area contributed by atoms with Crippen molar-refractivity contribution in [1.82, 2.24) is 10.2 Å². The highest BCUT2D eigenvalue weighted by Crippen LogP contribution is 2.11. The lowest BCUT2D eigenvalue weighted by Gasteiger charge is -2.05. The maximum absolute atomic E-state index is 12.6. The molecule has 0 bridgehead atoms. The van der Waals surface area contributed by atoms with Crippen molar-refractivity contribution >= 4 is 11.6 Å². The molecule has 1 aromatic heterocycles. The molecular formula is C11H10FN3O2. The maximum Gasteiger partial charge on any atom is 0.262 e. The van der Waals surface area contributed by atoms with Crippen LogP contribution in [0.3, 0.4) is 0 Å². The Hall–Kier alpha value is -2.37. The average Bonchev–Trinajstić information content (AvgIpc) is 2.81. The number of aromatic nitrogens is 2. The molecule has 0 aliphatic carbocycles. The minimum absolute atomic E-state index is 0.142. The van der Waals surface area contributed by atoms with Crippen LogP contribution in [0.1, 0.15) is 0 Å². The molecule has 0 aliphatic heterocycles. The first-order valence-electron chi connectivity index (χ1n) is 4.91. The summed E-state index contributed by atoms with van der Waals surface area (Å²) < 4.78 is 17.8. The smallest absolute Gasteiger partial charge is 0.262 e. The highest BCUT2D eigenvalue weighted by atomic mass is 19.1. The second kappa shape index (κ2) is 5.11. The van der Waals surface area contributed by atoms with E-state index in [0.29, 0.717) is 11.4 Å². The number of nitrogens with one attached hydrogen (secondary N) is 2. The zero-order chi connectivity index (χ0) is 12.1. The van der Waals surface area contributed by atoms with Crippen LogP contribution in [-0.4, -0.2) is 22.7 Å². The van der Waals surface area contributed by atoms with E-state index in [4.69, 9.17) is 4.74 Å².